The molecule has 0 aliphatic heterocycles. The van der Waals surface area contributed by atoms with Crippen molar-refractivity contribution in [2.45, 2.75) is 38.5 Å². The number of rotatable bonds is 10. The van der Waals surface area contributed by atoms with Crippen LogP contribution in [-0.2, 0) is 9.09 Å². The molecular formula is C31H33O5P. The zero-order valence-corrected chi connectivity index (χ0v) is 22.2. The predicted molar refractivity (Wildman–Crippen MR) is 147 cm³/mol. The van der Waals surface area contributed by atoms with Crippen molar-refractivity contribution in [2.75, 3.05) is 6.79 Å². The van der Waals surface area contributed by atoms with Crippen LogP contribution in [0.3, 0.4) is 0 Å². The predicted octanol–water partition coefficient (Wildman–Crippen LogP) is 7.59. The molecule has 37 heavy (non-hydrogen) atoms. The molecule has 0 aromatic heterocycles. The minimum absolute atomic E-state index is 0.0316. The average molecular weight is 517 g/mol. The summed E-state index contributed by atoms with van der Waals surface area (Å²) in [6, 6.07) is 35.0. The third-order valence-corrected chi connectivity index (χ3v) is 7.37. The SMILES string of the molecule is CC(c1ccccc1)c1cc(C(C)c2ccccc2)c(OCOP(=O)(O)O)c(C(C)c2ccccc2)c1. The van der Waals surface area contributed by atoms with Crippen LogP contribution >= 0.6 is 7.82 Å². The van der Waals surface area contributed by atoms with Gasteiger partial charge in [-0.3, -0.25) is 0 Å². The number of benzene rings is 4. The lowest BCUT2D eigenvalue weighted by Crippen LogP contribution is -2.12. The van der Waals surface area contributed by atoms with Crippen molar-refractivity contribution in [1.29, 1.82) is 0 Å². The van der Waals surface area contributed by atoms with Crippen LogP contribution in [0.15, 0.2) is 103 Å². The fraction of sp³-hybridized carbons (Fsp3) is 0.226. The Morgan fingerprint density at radius 2 is 1.00 bits per heavy atom. The molecule has 3 atom stereocenters. The highest BCUT2D eigenvalue weighted by Gasteiger charge is 2.25. The molecule has 0 saturated carbocycles. The third kappa shape index (κ3) is 6.76. The molecule has 192 valence electrons. The molecule has 0 fully saturated rings. The van der Waals surface area contributed by atoms with E-state index in [1.807, 2.05) is 54.6 Å². The zero-order chi connectivity index (χ0) is 26.4. The Morgan fingerprint density at radius 1 is 0.622 bits per heavy atom. The minimum Gasteiger partial charge on any atom is -0.466 e. The normalized spacial score (nSPS) is 14.1. The van der Waals surface area contributed by atoms with Crippen LogP contribution in [0.25, 0.3) is 0 Å². The minimum atomic E-state index is -4.69. The summed E-state index contributed by atoms with van der Waals surface area (Å²) in [5.74, 6) is 0.655. The summed E-state index contributed by atoms with van der Waals surface area (Å²) in [5.41, 5.74) is 6.47. The van der Waals surface area contributed by atoms with E-state index in [1.54, 1.807) is 0 Å². The van der Waals surface area contributed by atoms with E-state index < -0.39 is 14.6 Å². The summed E-state index contributed by atoms with van der Waals surface area (Å²) in [7, 11) is -4.69. The van der Waals surface area contributed by atoms with Gasteiger partial charge in [-0.05, 0) is 22.3 Å². The molecule has 0 heterocycles. The highest BCUT2D eigenvalue weighted by molar-refractivity contribution is 7.46. The van der Waals surface area contributed by atoms with Crippen molar-refractivity contribution >= 4 is 7.82 Å². The van der Waals surface area contributed by atoms with Crippen LogP contribution in [0, 0.1) is 0 Å². The van der Waals surface area contributed by atoms with Gasteiger partial charge in [-0.2, -0.15) is 0 Å². The van der Waals surface area contributed by atoms with Gasteiger partial charge in [0.25, 0.3) is 0 Å². The van der Waals surface area contributed by atoms with Crippen molar-refractivity contribution in [2.24, 2.45) is 0 Å². The Balaban J connectivity index is 1.90. The molecule has 5 nitrogen and oxygen atoms in total. The lowest BCUT2D eigenvalue weighted by molar-refractivity contribution is 0.0811. The zero-order valence-electron chi connectivity index (χ0n) is 21.3. The van der Waals surface area contributed by atoms with Gasteiger partial charge in [-0.25, -0.2) is 9.09 Å². The van der Waals surface area contributed by atoms with E-state index in [9.17, 15) is 14.4 Å². The fourth-order valence-electron chi connectivity index (χ4n) is 4.69. The second kappa shape index (κ2) is 11.9. The number of hydrogen-bond acceptors (Lipinski definition) is 3. The molecule has 0 aliphatic carbocycles. The van der Waals surface area contributed by atoms with Gasteiger partial charge < -0.3 is 14.5 Å². The molecule has 4 aromatic carbocycles. The summed E-state index contributed by atoms with van der Waals surface area (Å²) in [6.45, 7) is 5.88. The summed E-state index contributed by atoms with van der Waals surface area (Å²) in [4.78, 5) is 18.5. The Kier molecular flexibility index (Phi) is 8.63. The van der Waals surface area contributed by atoms with Crippen LogP contribution in [-0.4, -0.2) is 16.6 Å². The molecule has 6 heteroatoms. The first-order valence-corrected chi connectivity index (χ1v) is 13.9. The van der Waals surface area contributed by atoms with Gasteiger partial charge in [0.1, 0.15) is 5.75 Å². The Labute approximate surface area is 219 Å². The molecule has 4 rings (SSSR count). The Bertz CT molecular complexity index is 1270. The van der Waals surface area contributed by atoms with Crippen LogP contribution in [0.2, 0.25) is 0 Å². The lowest BCUT2D eigenvalue weighted by atomic mass is 9.81. The van der Waals surface area contributed by atoms with Crippen LogP contribution < -0.4 is 4.74 Å². The molecule has 0 aliphatic rings. The highest BCUT2D eigenvalue weighted by atomic mass is 31.2. The van der Waals surface area contributed by atoms with Crippen LogP contribution in [0.5, 0.6) is 5.75 Å². The molecule has 2 N–H and O–H groups in total. The van der Waals surface area contributed by atoms with Crippen molar-refractivity contribution in [1.82, 2.24) is 0 Å². The molecule has 0 bridgehead atoms. The topological polar surface area (TPSA) is 76.0 Å². The molecule has 0 amide bonds. The van der Waals surface area contributed by atoms with Gasteiger partial charge in [0, 0.05) is 28.9 Å². The Hall–Kier alpha value is -3.21. The quantitative estimate of drug-likeness (QED) is 0.168. The lowest BCUT2D eigenvalue weighted by Gasteiger charge is -2.26. The number of hydrogen-bond donors (Lipinski definition) is 2. The van der Waals surface area contributed by atoms with E-state index in [1.165, 1.54) is 5.56 Å². The molecular weight excluding hydrogens is 483 g/mol. The van der Waals surface area contributed by atoms with E-state index in [4.69, 9.17) is 9.26 Å². The first-order valence-electron chi connectivity index (χ1n) is 12.4. The average Bonchev–Trinajstić information content (AvgIpc) is 2.92. The number of phosphoric acid groups is 1. The van der Waals surface area contributed by atoms with E-state index >= 15 is 0 Å². The second-order valence-electron chi connectivity index (χ2n) is 9.31. The van der Waals surface area contributed by atoms with E-state index in [0.717, 1.165) is 27.8 Å². The Morgan fingerprint density at radius 3 is 1.38 bits per heavy atom. The molecule has 0 radical (unpaired) electrons. The van der Waals surface area contributed by atoms with E-state index in [0.29, 0.717) is 5.75 Å². The standard InChI is InChI=1S/C31H33O5P/c1-22(25-13-7-4-8-14-25)28-19-29(23(2)26-15-9-5-10-16-26)31(35-21-36-37(32,33)34)30(20-28)24(3)27-17-11-6-12-18-27/h4-20,22-24H,21H2,1-3H3,(H2,32,33,34). The molecule has 4 aromatic rings. The largest absolute Gasteiger partial charge is 0.472 e. The van der Waals surface area contributed by atoms with Crippen LogP contribution in [0.4, 0.5) is 0 Å². The monoisotopic (exact) mass is 516 g/mol. The van der Waals surface area contributed by atoms with Gasteiger partial charge in [0.05, 0.1) is 0 Å². The van der Waals surface area contributed by atoms with Gasteiger partial charge in [0.2, 0.25) is 0 Å². The summed E-state index contributed by atoms with van der Waals surface area (Å²) in [6.07, 6.45) is 0. The van der Waals surface area contributed by atoms with Gasteiger partial charge in [0.15, 0.2) is 6.79 Å². The maximum Gasteiger partial charge on any atom is 0.472 e. The smallest absolute Gasteiger partial charge is 0.466 e. The van der Waals surface area contributed by atoms with E-state index in [-0.39, 0.29) is 17.8 Å². The van der Waals surface area contributed by atoms with Crippen molar-refractivity contribution in [3.63, 3.8) is 0 Å². The van der Waals surface area contributed by atoms with Gasteiger partial charge >= 0.3 is 7.82 Å². The summed E-state index contributed by atoms with van der Waals surface area (Å²) < 4.78 is 22.2. The molecule has 3 unspecified atom stereocenters. The third-order valence-electron chi connectivity index (χ3n) is 6.92. The number of ether oxygens (including phenoxy) is 1. The first kappa shape index (κ1) is 26.8. The summed E-state index contributed by atoms with van der Waals surface area (Å²) >= 11 is 0. The first-order chi connectivity index (χ1) is 17.7. The van der Waals surface area contributed by atoms with Crippen molar-refractivity contribution in [3.05, 3.63) is 137 Å². The highest BCUT2D eigenvalue weighted by Crippen LogP contribution is 2.43. The molecule has 0 spiro atoms. The second-order valence-corrected chi connectivity index (χ2v) is 10.5. The summed E-state index contributed by atoms with van der Waals surface area (Å²) in [5, 5.41) is 0. The number of phosphoric ester groups is 1. The maximum absolute atomic E-state index is 11.4. The van der Waals surface area contributed by atoms with Crippen molar-refractivity contribution < 1.29 is 23.6 Å². The van der Waals surface area contributed by atoms with Crippen molar-refractivity contribution in [3.8, 4) is 5.75 Å². The molecule has 0 saturated heterocycles. The van der Waals surface area contributed by atoms with E-state index in [2.05, 4.69) is 69.3 Å². The van der Waals surface area contributed by atoms with Crippen LogP contribution in [0.1, 0.15) is 71.9 Å². The van der Waals surface area contributed by atoms with Gasteiger partial charge in [-0.1, -0.05) is 124 Å². The maximum atomic E-state index is 11.4. The van der Waals surface area contributed by atoms with Gasteiger partial charge in [-0.15, -0.1) is 0 Å². The fourth-order valence-corrected chi connectivity index (χ4v) is 4.88.